The van der Waals surface area contributed by atoms with Gasteiger partial charge in [-0.1, -0.05) is 72.4 Å². The topological polar surface area (TPSA) is 9.23 Å². The molecule has 0 aliphatic rings. The molecule has 1 unspecified atom stereocenters. The van der Waals surface area contributed by atoms with Crippen LogP contribution in [0.15, 0.2) is 109 Å². The van der Waals surface area contributed by atoms with E-state index in [9.17, 15) is 13.2 Å². The summed E-state index contributed by atoms with van der Waals surface area (Å²) in [6.07, 6.45) is 4.13. The van der Waals surface area contributed by atoms with E-state index in [0.717, 1.165) is 0 Å². The van der Waals surface area contributed by atoms with E-state index >= 15 is 0 Å². The van der Waals surface area contributed by atoms with E-state index in [1.165, 1.54) is 25.2 Å². The highest BCUT2D eigenvalue weighted by molar-refractivity contribution is 5.53. The largest absolute Gasteiger partial charge is 0.378 e. The average molecular weight is 435 g/mol. The third-order valence-electron chi connectivity index (χ3n) is 4.01. The molecule has 0 N–H and O–H groups in total. The first-order valence-electron chi connectivity index (χ1n) is 10.1. The van der Waals surface area contributed by atoms with Gasteiger partial charge in [-0.05, 0) is 49.1 Å². The number of halogens is 3. The fourth-order valence-corrected chi connectivity index (χ4v) is 1.85. The van der Waals surface area contributed by atoms with Crippen LogP contribution >= 0.6 is 0 Å². The Morgan fingerprint density at radius 2 is 1.26 bits per heavy atom. The second kappa shape index (κ2) is 15.2. The summed E-state index contributed by atoms with van der Waals surface area (Å²) in [6.45, 7) is 33.2. The van der Waals surface area contributed by atoms with Gasteiger partial charge in [0.1, 0.15) is 5.83 Å². The second-order valence-corrected chi connectivity index (χ2v) is 7.10. The molecule has 0 fully saturated rings. The number of rotatable bonds is 12. The minimum absolute atomic E-state index is 0.0434. The molecule has 0 aromatic rings. The lowest BCUT2D eigenvalue weighted by atomic mass is 9.99. The van der Waals surface area contributed by atoms with E-state index in [1.54, 1.807) is 0 Å². The summed E-state index contributed by atoms with van der Waals surface area (Å²) in [5.74, 6) is -2.89. The van der Waals surface area contributed by atoms with E-state index in [1.807, 2.05) is 34.6 Å². The first-order valence-corrected chi connectivity index (χ1v) is 10.1. The Morgan fingerprint density at radius 1 is 0.806 bits per heavy atom. The minimum Gasteiger partial charge on any atom is -0.378 e. The molecule has 172 valence electrons. The van der Waals surface area contributed by atoms with Gasteiger partial charge in [-0.25, -0.2) is 13.2 Å². The van der Waals surface area contributed by atoms with Crippen LogP contribution < -0.4 is 0 Å². The van der Waals surface area contributed by atoms with Crippen molar-refractivity contribution in [2.45, 2.75) is 47.6 Å². The maximum Gasteiger partial charge on any atom is 0.166 e. The van der Waals surface area contributed by atoms with Gasteiger partial charge in [0.15, 0.2) is 11.7 Å². The van der Waals surface area contributed by atoms with Crippen molar-refractivity contribution in [2.75, 3.05) is 6.61 Å². The van der Waals surface area contributed by atoms with Crippen molar-refractivity contribution in [2.24, 2.45) is 5.92 Å². The molecule has 0 aliphatic heterocycles. The molecule has 0 aliphatic carbocycles. The van der Waals surface area contributed by atoms with Gasteiger partial charge in [-0.15, -0.1) is 0 Å². The van der Waals surface area contributed by atoms with E-state index in [-0.39, 0.29) is 39.9 Å². The van der Waals surface area contributed by atoms with Gasteiger partial charge in [-0.3, -0.25) is 0 Å². The lowest BCUT2D eigenvalue weighted by Gasteiger charge is -2.15. The van der Waals surface area contributed by atoms with Crippen molar-refractivity contribution in [1.82, 2.24) is 0 Å². The zero-order valence-electron chi connectivity index (χ0n) is 19.9. The monoisotopic (exact) mass is 434 g/mol. The van der Waals surface area contributed by atoms with Gasteiger partial charge in [0, 0.05) is 17.1 Å². The molecule has 0 heterocycles. The Hall–Kier alpha value is -2.59. The minimum atomic E-state index is -1.14. The highest BCUT2D eigenvalue weighted by Crippen LogP contribution is 2.27. The van der Waals surface area contributed by atoms with E-state index < -0.39 is 17.5 Å². The van der Waals surface area contributed by atoms with Crippen molar-refractivity contribution in [3.63, 3.8) is 0 Å². The summed E-state index contributed by atoms with van der Waals surface area (Å²) in [5, 5.41) is 0. The van der Waals surface area contributed by atoms with Crippen LogP contribution in [0, 0.1) is 5.92 Å². The SMILES string of the molecule is C=C(/C=C\C(=C)C(=C)/C(F)=C\C(=C)C(C)COC(C)C)C(=C)/C(F)=C(/F)C(=C)C.CC. The van der Waals surface area contributed by atoms with E-state index in [4.69, 9.17) is 4.74 Å². The van der Waals surface area contributed by atoms with Crippen molar-refractivity contribution >= 4 is 0 Å². The van der Waals surface area contributed by atoms with E-state index in [0.29, 0.717) is 12.2 Å². The Morgan fingerprint density at radius 3 is 1.68 bits per heavy atom. The maximum atomic E-state index is 14.5. The zero-order chi connectivity index (χ0) is 24.9. The Bertz CT molecular complexity index is 804. The second-order valence-electron chi connectivity index (χ2n) is 7.10. The molecule has 31 heavy (non-hydrogen) atoms. The van der Waals surface area contributed by atoms with Crippen LogP contribution in [0.3, 0.4) is 0 Å². The lowest BCUT2D eigenvalue weighted by molar-refractivity contribution is 0.0633. The molecule has 1 nitrogen and oxygen atoms in total. The van der Waals surface area contributed by atoms with Crippen LogP contribution in [0.4, 0.5) is 13.2 Å². The predicted octanol–water partition coefficient (Wildman–Crippen LogP) is 8.99. The molecule has 0 rings (SSSR count). The van der Waals surface area contributed by atoms with Crippen molar-refractivity contribution in [3.8, 4) is 0 Å². The summed E-state index contributed by atoms with van der Waals surface area (Å²) in [6, 6.07) is 0. The van der Waals surface area contributed by atoms with E-state index in [2.05, 4.69) is 39.5 Å². The summed E-state index contributed by atoms with van der Waals surface area (Å²) in [5.41, 5.74) is 0.669. The van der Waals surface area contributed by atoms with Crippen LogP contribution in [0.25, 0.3) is 0 Å². The first-order chi connectivity index (χ1) is 14.3. The molecule has 1 atom stereocenters. The molecular weight excluding hydrogens is 397 g/mol. The number of ether oxygens (including phenoxy) is 1. The Kier molecular flexibility index (Phi) is 15.1. The molecule has 0 saturated heterocycles. The van der Waals surface area contributed by atoms with Gasteiger partial charge >= 0.3 is 0 Å². The molecule has 0 amide bonds. The van der Waals surface area contributed by atoms with Gasteiger partial charge in [0.05, 0.1) is 12.7 Å². The average Bonchev–Trinajstić information content (AvgIpc) is 2.74. The Balaban J connectivity index is 0. The standard InChI is InChI=1S/C25H31F3O.C2H6/c1-15(2)24(27)25(28)22(10)18(6)12-11-17(5)21(9)23(26)13-19(7)20(8)14-29-16(3)4;1-2/h11-13,16,20H,1,5-7,9-10,14H2,2-4,8H3;1-2H3/b12-11-,23-13+,25-24-;. The van der Waals surface area contributed by atoms with Gasteiger partial charge in [0.2, 0.25) is 0 Å². The zero-order valence-corrected chi connectivity index (χ0v) is 19.9. The van der Waals surface area contributed by atoms with Crippen LogP contribution in [0.5, 0.6) is 0 Å². The van der Waals surface area contributed by atoms with Crippen molar-refractivity contribution < 1.29 is 17.9 Å². The first kappa shape index (κ1) is 30.6. The summed E-state index contributed by atoms with van der Waals surface area (Å²) in [7, 11) is 0. The third-order valence-corrected chi connectivity index (χ3v) is 4.01. The normalized spacial score (nSPS) is 13.2. The quantitative estimate of drug-likeness (QED) is 0.278. The number of allylic oxidation sites excluding steroid dienone is 11. The molecule has 0 aromatic carbocycles. The Labute approximate surface area is 187 Å². The highest BCUT2D eigenvalue weighted by atomic mass is 19.2. The number of hydrogen-bond acceptors (Lipinski definition) is 1. The molecule has 4 heteroatoms. The van der Waals surface area contributed by atoms with Gasteiger partial charge < -0.3 is 4.74 Å². The fourth-order valence-electron chi connectivity index (χ4n) is 1.85. The van der Waals surface area contributed by atoms with Crippen molar-refractivity contribution in [1.29, 1.82) is 0 Å². The predicted molar refractivity (Wildman–Crippen MR) is 130 cm³/mol. The summed E-state index contributed by atoms with van der Waals surface area (Å²) >= 11 is 0. The maximum absolute atomic E-state index is 14.5. The lowest BCUT2D eigenvalue weighted by Crippen LogP contribution is -2.12. The number of hydrogen-bond donors (Lipinski definition) is 0. The van der Waals surface area contributed by atoms with Crippen LogP contribution in [0.1, 0.15) is 41.5 Å². The molecule has 0 spiro atoms. The molecule has 0 bridgehead atoms. The van der Waals surface area contributed by atoms with Crippen molar-refractivity contribution in [3.05, 3.63) is 109 Å². The van der Waals surface area contributed by atoms with Crippen LogP contribution in [-0.2, 0) is 4.74 Å². The molecule has 0 radical (unpaired) electrons. The fraction of sp³-hybridized carbons (Fsp3) is 0.333. The molecule has 0 saturated carbocycles. The summed E-state index contributed by atoms with van der Waals surface area (Å²) in [4.78, 5) is 0. The summed E-state index contributed by atoms with van der Waals surface area (Å²) < 4.78 is 47.5. The van der Waals surface area contributed by atoms with Crippen LogP contribution in [0.2, 0.25) is 0 Å². The van der Waals surface area contributed by atoms with Crippen LogP contribution in [-0.4, -0.2) is 12.7 Å². The van der Waals surface area contributed by atoms with Gasteiger partial charge in [-0.2, -0.15) is 0 Å². The molecule has 0 aromatic heterocycles. The molecular formula is C27H37F3O. The third kappa shape index (κ3) is 11.4. The van der Waals surface area contributed by atoms with Gasteiger partial charge in [0.25, 0.3) is 0 Å². The smallest absolute Gasteiger partial charge is 0.166 e. The highest BCUT2D eigenvalue weighted by Gasteiger charge is 2.13.